The van der Waals surface area contributed by atoms with E-state index in [-0.39, 0.29) is 6.42 Å². The van der Waals surface area contributed by atoms with Crippen molar-refractivity contribution in [2.24, 2.45) is 5.92 Å². The van der Waals surface area contributed by atoms with E-state index in [0.717, 1.165) is 25.1 Å². The zero-order valence-electron chi connectivity index (χ0n) is 9.70. The summed E-state index contributed by atoms with van der Waals surface area (Å²) in [6, 6.07) is 0.600. The third-order valence-electron chi connectivity index (χ3n) is 3.03. The van der Waals surface area contributed by atoms with Gasteiger partial charge in [0.25, 0.3) is 0 Å². The van der Waals surface area contributed by atoms with E-state index in [1.165, 1.54) is 6.42 Å². The van der Waals surface area contributed by atoms with Gasteiger partial charge in [0, 0.05) is 12.6 Å². The Bertz CT molecular complexity index is 248. The van der Waals surface area contributed by atoms with Crippen molar-refractivity contribution in [1.29, 1.82) is 0 Å². The summed E-state index contributed by atoms with van der Waals surface area (Å²) in [5, 5.41) is 8.63. The van der Waals surface area contributed by atoms with Gasteiger partial charge < -0.3 is 10.0 Å². The number of hydrogen-bond acceptors (Lipinski definition) is 2. The molecule has 0 spiro atoms. The van der Waals surface area contributed by atoms with Crippen molar-refractivity contribution >= 4 is 5.97 Å². The van der Waals surface area contributed by atoms with Gasteiger partial charge in [-0.3, -0.25) is 4.79 Å². The third kappa shape index (κ3) is 4.04. The van der Waals surface area contributed by atoms with Crippen molar-refractivity contribution in [3.63, 3.8) is 0 Å². The Morgan fingerprint density at radius 1 is 1.60 bits per heavy atom. The number of rotatable bonds is 5. The second-order valence-electron chi connectivity index (χ2n) is 4.77. The lowest BCUT2D eigenvalue weighted by atomic mass is 9.98. The molecule has 0 radical (unpaired) electrons. The minimum atomic E-state index is -0.765. The van der Waals surface area contributed by atoms with Gasteiger partial charge in [-0.05, 0) is 39.2 Å². The van der Waals surface area contributed by atoms with E-state index >= 15 is 0 Å². The zero-order chi connectivity index (χ0) is 11.4. The van der Waals surface area contributed by atoms with Crippen LogP contribution in [-0.2, 0) is 4.79 Å². The Morgan fingerprint density at radius 3 is 2.73 bits per heavy atom. The van der Waals surface area contributed by atoms with Gasteiger partial charge >= 0.3 is 5.97 Å². The maximum absolute atomic E-state index is 10.5. The SMILES string of the molecule is C=C(CC(=O)O)CC1CCN(C(C)C)C1. The van der Waals surface area contributed by atoms with E-state index in [1.807, 2.05) is 0 Å². The van der Waals surface area contributed by atoms with E-state index in [0.29, 0.717) is 12.0 Å². The number of carboxylic acids is 1. The molecule has 0 aromatic rings. The molecule has 0 aromatic heterocycles. The predicted octanol–water partition coefficient (Wildman–Crippen LogP) is 2.14. The smallest absolute Gasteiger partial charge is 0.307 e. The number of hydrogen-bond donors (Lipinski definition) is 1. The van der Waals surface area contributed by atoms with Crippen LogP contribution in [0.15, 0.2) is 12.2 Å². The van der Waals surface area contributed by atoms with Crippen LogP contribution in [0.2, 0.25) is 0 Å². The molecule has 0 aliphatic carbocycles. The minimum Gasteiger partial charge on any atom is -0.481 e. The fourth-order valence-corrected chi connectivity index (χ4v) is 2.19. The number of nitrogens with zero attached hydrogens (tertiary/aromatic N) is 1. The van der Waals surface area contributed by atoms with Gasteiger partial charge in [0.15, 0.2) is 0 Å². The Kier molecular flexibility index (Phi) is 4.33. The van der Waals surface area contributed by atoms with Crippen molar-refractivity contribution < 1.29 is 9.90 Å². The number of likely N-dealkylation sites (tertiary alicyclic amines) is 1. The molecule has 1 saturated heterocycles. The first kappa shape index (κ1) is 12.2. The van der Waals surface area contributed by atoms with Gasteiger partial charge in [0.05, 0.1) is 6.42 Å². The topological polar surface area (TPSA) is 40.5 Å². The summed E-state index contributed by atoms with van der Waals surface area (Å²) in [5.74, 6) is -0.155. The number of aliphatic carboxylic acids is 1. The highest BCUT2D eigenvalue weighted by Gasteiger charge is 2.24. The van der Waals surface area contributed by atoms with Crippen LogP contribution in [0.1, 0.15) is 33.1 Å². The van der Waals surface area contributed by atoms with Crippen molar-refractivity contribution in [2.75, 3.05) is 13.1 Å². The molecule has 1 heterocycles. The van der Waals surface area contributed by atoms with Gasteiger partial charge in [-0.1, -0.05) is 12.2 Å². The number of carbonyl (C=O) groups is 1. The van der Waals surface area contributed by atoms with Gasteiger partial charge in [-0.15, -0.1) is 0 Å². The van der Waals surface area contributed by atoms with Crippen molar-refractivity contribution in [3.8, 4) is 0 Å². The third-order valence-corrected chi connectivity index (χ3v) is 3.03. The highest BCUT2D eigenvalue weighted by Crippen LogP contribution is 2.25. The average Bonchev–Trinajstić information content (AvgIpc) is 2.50. The van der Waals surface area contributed by atoms with Crippen LogP contribution in [0.3, 0.4) is 0 Å². The summed E-state index contributed by atoms with van der Waals surface area (Å²) < 4.78 is 0. The van der Waals surface area contributed by atoms with Gasteiger partial charge in [-0.2, -0.15) is 0 Å². The standard InChI is InChI=1S/C12H21NO2/c1-9(2)13-5-4-11(8-13)6-10(3)7-12(14)15/h9,11H,3-8H2,1-2H3,(H,14,15). The van der Waals surface area contributed by atoms with Crippen LogP contribution < -0.4 is 0 Å². The highest BCUT2D eigenvalue weighted by molar-refractivity contribution is 5.69. The highest BCUT2D eigenvalue weighted by atomic mass is 16.4. The second-order valence-corrected chi connectivity index (χ2v) is 4.77. The van der Waals surface area contributed by atoms with Gasteiger partial charge in [0.2, 0.25) is 0 Å². The van der Waals surface area contributed by atoms with Gasteiger partial charge in [0.1, 0.15) is 0 Å². The molecule has 1 unspecified atom stereocenters. The maximum Gasteiger partial charge on any atom is 0.307 e. The summed E-state index contributed by atoms with van der Waals surface area (Å²) in [5.41, 5.74) is 0.859. The van der Waals surface area contributed by atoms with E-state index in [9.17, 15) is 4.79 Å². The van der Waals surface area contributed by atoms with Crippen molar-refractivity contribution in [2.45, 2.75) is 39.2 Å². The summed E-state index contributed by atoms with van der Waals surface area (Å²) in [7, 11) is 0. The molecule has 1 rings (SSSR count). The first-order valence-electron chi connectivity index (χ1n) is 5.61. The molecule has 0 amide bonds. The molecule has 1 aliphatic heterocycles. The van der Waals surface area contributed by atoms with E-state index in [4.69, 9.17) is 5.11 Å². The normalized spacial score (nSPS) is 22.2. The quantitative estimate of drug-likeness (QED) is 0.708. The van der Waals surface area contributed by atoms with Crippen LogP contribution >= 0.6 is 0 Å². The first-order chi connectivity index (χ1) is 6.99. The molecule has 15 heavy (non-hydrogen) atoms. The lowest BCUT2D eigenvalue weighted by Crippen LogP contribution is -2.28. The Hall–Kier alpha value is -0.830. The second kappa shape index (κ2) is 5.31. The molecule has 0 aromatic carbocycles. The Balaban J connectivity index is 2.29. The largest absolute Gasteiger partial charge is 0.481 e. The molecule has 3 nitrogen and oxygen atoms in total. The van der Waals surface area contributed by atoms with Crippen molar-refractivity contribution in [1.82, 2.24) is 4.90 Å². The Labute approximate surface area is 91.8 Å². The molecular weight excluding hydrogens is 190 g/mol. The molecular formula is C12H21NO2. The Morgan fingerprint density at radius 2 is 2.27 bits per heavy atom. The molecule has 1 aliphatic rings. The van der Waals surface area contributed by atoms with Crippen molar-refractivity contribution in [3.05, 3.63) is 12.2 Å². The summed E-state index contributed by atoms with van der Waals surface area (Å²) >= 11 is 0. The molecule has 3 heteroatoms. The van der Waals surface area contributed by atoms with Crippen LogP contribution in [0.25, 0.3) is 0 Å². The van der Waals surface area contributed by atoms with Gasteiger partial charge in [-0.25, -0.2) is 0 Å². The van der Waals surface area contributed by atoms with Crippen LogP contribution in [0.4, 0.5) is 0 Å². The summed E-state index contributed by atoms with van der Waals surface area (Å²) in [6.45, 7) is 10.5. The average molecular weight is 211 g/mol. The fraction of sp³-hybridized carbons (Fsp3) is 0.750. The van der Waals surface area contributed by atoms with E-state index in [1.54, 1.807) is 0 Å². The fourth-order valence-electron chi connectivity index (χ4n) is 2.19. The molecule has 0 bridgehead atoms. The lowest BCUT2D eigenvalue weighted by molar-refractivity contribution is -0.136. The molecule has 1 fully saturated rings. The first-order valence-corrected chi connectivity index (χ1v) is 5.61. The zero-order valence-corrected chi connectivity index (χ0v) is 9.70. The summed E-state index contributed by atoms with van der Waals surface area (Å²) in [6.07, 6.45) is 2.17. The van der Waals surface area contributed by atoms with Crippen LogP contribution in [-0.4, -0.2) is 35.1 Å². The van der Waals surface area contributed by atoms with E-state index in [2.05, 4.69) is 25.3 Å². The molecule has 1 atom stereocenters. The monoisotopic (exact) mass is 211 g/mol. The number of carboxylic acid groups (broad SMARTS) is 1. The summed E-state index contributed by atoms with van der Waals surface area (Å²) in [4.78, 5) is 12.9. The van der Waals surface area contributed by atoms with E-state index < -0.39 is 5.97 Å². The minimum absolute atomic E-state index is 0.123. The maximum atomic E-state index is 10.5. The lowest BCUT2D eigenvalue weighted by Gasteiger charge is -2.20. The molecule has 86 valence electrons. The molecule has 1 N–H and O–H groups in total. The van der Waals surface area contributed by atoms with Crippen LogP contribution in [0, 0.1) is 5.92 Å². The molecule has 0 saturated carbocycles. The van der Waals surface area contributed by atoms with Crippen LogP contribution in [0.5, 0.6) is 0 Å². The predicted molar refractivity (Wildman–Crippen MR) is 60.8 cm³/mol.